The zero-order chi connectivity index (χ0) is 16.8. The number of anilines is 1. The van der Waals surface area contributed by atoms with E-state index in [1.807, 2.05) is 29.2 Å². The molecule has 2 aromatic rings. The second-order valence-electron chi connectivity index (χ2n) is 7.17. The number of benzene rings is 1. The van der Waals surface area contributed by atoms with Gasteiger partial charge in [0.25, 0.3) is 0 Å². The Morgan fingerprint density at radius 2 is 2.04 bits per heavy atom. The van der Waals surface area contributed by atoms with E-state index in [2.05, 4.69) is 25.5 Å². The smallest absolute Gasteiger partial charge is 0.219 e. The predicted octanol–water partition coefficient (Wildman–Crippen LogP) is 2.79. The highest BCUT2D eigenvalue weighted by Crippen LogP contribution is 2.33. The van der Waals surface area contributed by atoms with Crippen molar-refractivity contribution >= 4 is 11.6 Å². The highest BCUT2D eigenvalue weighted by molar-refractivity contribution is 5.75. The van der Waals surface area contributed by atoms with Crippen molar-refractivity contribution in [3.8, 4) is 11.3 Å². The summed E-state index contributed by atoms with van der Waals surface area (Å²) in [6.45, 7) is 9.45. The van der Waals surface area contributed by atoms with Crippen LogP contribution in [0.3, 0.4) is 0 Å². The van der Waals surface area contributed by atoms with Gasteiger partial charge in [-0.1, -0.05) is 12.1 Å². The lowest BCUT2D eigenvalue weighted by molar-refractivity contribution is -0.129. The fraction of sp³-hybridized carbons (Fsp3) is 0.444. The fourth-order valence-corrected chi connectivity index (χ4v) is 3.16. The van der Waals surface area contributed by atoms with Crippen LogP contribution in [0.25, 0.3) is 11.3 Å². The van der Waals surface area contributed by atoms with Gasteiger partial charge in [0, 0.05) is 48.9 Å². The van der Waals surface area contributed by atoms with Crippen molar-refractivity contribution in [1.29, 1.82) is 0 Å². The summed E-state index contributed by atoms with van der Waals surface area (Å²) < 4.78 is 2.11. The van der Waals surface area contributed by atoms with Gasteiger partial charge in [-0.15, -0.1) is 0 Å². The van der Waals surface area contributed by atoms with E-state index in [0.29, 0.717) is 6.54 Å². The number of hydrogen-bond acceptors (Lipinski definition) is 3. The number of aromatic nitrogens is 2. The number of carbonyl (C=O) groups is 1. The van der Waals surface area contributed by atoms with E-state index in [0.717, 1.165) is 35.5 Å². The number of fused-ring (bicyclic) bond motifs is 1. The Labute approximate surface area is 137 Å². The minimum Gasteiger partial charge on any atom is -0.399 e. The molecule has 1 aliphatic heterocycles. The van der Waals surface area contributed by atoms with Gasteiger partial charge in [-0.25, -0.2) is 0 Å². The Balaban J connectivity index is 2.17. The maximum absolute atomic E-state index is 11.8. The average Bonchev–Trinajstić information content (AvgIpc) is 2.85. The zero-order valence-electron chi connectivity index (χ0n) is 14.3. The topological polar surface area (TPSA) is 64.2 Å². The molecule has 0 saturated carbocycles. The van der Waals surface area contributed by atoms with E-state index in [1.165, 1.54) is 5.69 Å². The van der Waals surface area contributed by atoms with Gasteiger partial charge in [-0.2, -0.15) is 5.10 Å². The average molecular weight is 312 g/mol. The molecule has 5 nitrogen and oxygen atoms in total. The minimum atomic E-state index is -0.0962. The van der Waals surface area contributed by atoms with Gasteiger partial charge >= 0.3 is 0 Å². The highest BCUT2D eigenvalue weighted by atomic mass is 16.2. The summed E-state index contributed by atoms with van der Waals surface area (Å²) in [5, 5.41) is 4.89. The molecule has 0 fully saturated rings. The summed E-state index contributed by atoms with van der Waals surface area (Å²) in [6, 6.07) is 7.79. The van der Waals surface area contributed by atoms with Crippen molar-refractivity contribution in [3.63, 3.8) is 0 Å². The second kappa shape index (κ2) is 5.41. The number of hydrogen-bond donors (Lipinski definition) is 1. The van der Waals surface area contributed by atoms with Gasteiger partial charge in [0.15, 0.2) is 0 Å². The first-order chi connectivity index (χ1) is 10.8. The van der Waals surface area contributed by atoms with Gasteiger partial charge in [0.05, 0.1) is 11.2 Å². The molecule has 5 heteroatoms. The molecule has 1 amide bonds. The molecule has 23 heavy (non-hydrogen) atoms. The van der Waals surface area contributed by atoms with E-state index in [4.69, 9.17) is 10.8 Å². The van der Waals surface area contributed by atoms with Crippen molar-refractivity contribution in [2.45, 2.75) is 46.2 Å². The maximum Gasteiger partial charge on any atom is 0.219 e. The fourth-order valence-electron chi connectivity index (χ4n) is 3.16. The van der Waals surface area contributed by atoms with Crippen LogP contribution in [-0.2, 0) is 23.3 Å². The van der Waals surface area contributed by atoms with Crippen molar-refractivity contribution in [2.75, 3.05) is 12.3 Å². The molecule has 0 aliphatic carbocycles. The number of rotatable bonds is 1. The van der Waals surface area contributed by atoms with Crippen molar-refractivity contribution in [3.05, 3.63) is 35.5 Å². The largest absolute Gasteiger partial charge is 0.399 e. The van der Waals surface area contributed by atoms with Crippen molar-refractivity contribution in [1.82, 2.24) is 14.7 Å². The normalized spacial score (nSPS) is 14.7. The van der Waals surface area contributed by atoms with Crippen LogP contribution in [0.15, 0.2) is 24.3 Å². The molecule has 1 aromatic heterocycles. The molecule has 122 valence electrons. The van der Waals surface area contributed by atoms with Gasteiger partial charge in [0.1, 0.15) is 0 Å². The van der Waals surface area contributed by atoms with Crippen LogP contribution in [-0.4, -0.2) is 27.1 Å². The van der Waals surface area contributed by atoms with Crippen LogP contribution in [0.2, 0.25) is 0 Å². The summed E-state index contributed by atoms with van der Waals surface area (Å²) in [7, 11) is 0. The van der Waals surface area contributed by atoms with Crippen molar-refractivity contribution in [2.24, 2.45) is 0 Å². The summed E-state index contributed by atoms with van der Waals surface area (Å²) in [5.74, 6) is 0.109. The molecule has 2 heterocycles. The number of nitrogen functional groups attached to an aromatic ring is 1. The first-order valence-electron chi connectivity index (χ1n) is 8.00. The Morgan fingerprint density at radius 1 is 1.30 bits per heavy atom. The summed E-state index contributed by atoms with van der Waals surface area (Å²) in [6.07, 6.45) is 0.835. The third-order valence-electron chi connectivity index (χ3n) is 4.30. The highest BCUT2D eigenvalue weighted by Gasteiger charge is 2.30. The number of amides is 1. The van der Waals surface area contributed by atoms with Crippen LogP contribution in [0, 0.1) is 0 Å². The molecular formula is C18H24N4O. The van der Waals surface area contributed by atoms with E-state index in [-0.39, 0.29) is 11.4 Å². The van der Waals surface area contributed by atoms with Crippen LogP contribution >= 0.6 is 0 Å². The van der Waals surface area contributed by atoms with Gasteiger partial charge in [0.2, 0.25) is 5.91 Å². The molecule has 2 N–H and O–H groups in total. The van der Waals surface area contributed by atoms with E-state index < -0.39 is 0 Å². The lowest BCUT2D eigenvalue weighted by Gasteiger charge is -2.29. The van der Waals surface area contributed by atoms with E-state index in [1.54, 1.807) is 6.92 Å². The molecule has 0 radical (unpaired) electrons. The third-order valence-corrected chi connectivity index (χ3v) is 4.30. The molecule has 1 aliphatic rings. The lowest BCUT2D eigenvalue weighted by atomic mass is 9.99. The second-order valence-corrected chi connectivity index (χ2v) is 7.17. The molecule has 0 unspecified atom stereocenters. The van der Waals surface area contributed by atoms with Gasteiger partial charge < -0.3 is 10.6 Å². The summed E-state index contributed by atoms with van der Waals surface area (Å²) >= 11 is 0. The third kappa shape index (κ3) is 2.83. The Morgan fingerprint density at radius 3 is 2.65 bits per heavy atom. The molecule has 3 rings (SSSR count). The predicted molar refractivity (Wildman–Crippen MR) is 91.9 cm³/mol. The number of nitrogens with two attached hydrogens (primary N) is 1. The standard InChI is InChI=1S/C18H24N4O/c1-12(23)21-9-8-16-15(11-21)17(20-22(16)18(2,3)4)13-6-5-7-14(19)10-13/h5-7,10H,8-9,11,19H2,1-4H3. The quantitative estimate of drug-likeness (QED) is 0.824. The van der Waals surface area contributed by atoms with Crippen molar-refractivity contribution < 1.29 is 4.79 Å². The van der Waals surface area contributed by atoms with Crippen LogP contribution in [0.1, 0.15) is 39.0 Å². The number of carbonyl (C=O) groups excluding carboxylic acids is 1. The summed E-state index contributed by atoms with van der Waals surface area (Å²) in [5.41, 5.74) is 10.9. The summed E-state index contributed by atoms with van der Waals surface area (Å²) in [4.78, 5) is 13.7. The molecule has 0 atom stereocenters. The first-order valence-corrected chi connectivity index (χ1v) is 8.00. The van der Waals surface area contributed by atoms with E-state index >= 15 is 0 Å². The zero-order valence-corrected chi connectivity index (χ0v) is 14.3. The molecular weight excluding hydrogens is 288 g/mol. The Hall–Kier alpha value is -2.30. The molecule has 1 aromatic carbocycles. The van der Waals surface area contributed by atoms with Crippen LogP contribution in [0.5, 0.6) is 0 Å². The molecule has 0 saturated heterocycles. The molecule has 0 spiro atoms. The first kappa shape index (κ1) is 15.6. The van der Waals surface area contributed by atoms with Crippen LogP contribution in [0.4, 0.5) is 5.69 Å². The number of nitrogens with zero attached hydrogens (tertiary/aromatic N) is 3. The Bertz CT molecular complexity index is 755. The van der Waals surface area contributed by atoms with Crippen LogP contribution < -0.4 is 5.73 Å². The van der Waals surface area contributed by atoms with Gasteiger partial charge in [-0.05, 0) is 32.9 Å². The molecule has 0 bridgehead atoms. The maximum atomic E-state index is 11.8. The SMILES string of the molecule is CC(=O)N1CCc2c(c(-c3cccc(N)c3)nn2C(C)(C)C)C1. The van der Waals surface area contributed by atoms with Gasteiger partial charge in [-0.3, -0.25) is 9.48 Å². The lowest BCUT2D eigenvalue weighted by Crippen LogP contribution is -2.36. The monoisotopic (exact) mass is 312 g/mol. The minimum absolute atomic E-state index is 0.0962. The Kier molecular flexibility index (Phi) is 3.66. The van der Waals surface area contributed by atoms with E-state index in [9.17, 15) is 4.79 Å².